The van der Waals surface area contributed by atoms with Gasteiger partial charge in [-0.05, 0) is 30.3 Å². The number of nitrogens with one attached hydrogen (secondary N) is 1. The van der Waals surface area contributed by atoms with Crippen molar-refractivity contribution in [3.63, 3.8) is 0 Å². The number of nitrogens with zero attached hydrogens (tertiary/aromatic N) is 5. The van der Waals surface area contributed by atoms with Crippen molar-refractivity contribution >= 4 is 22.9 Å². The lowest BCUT2D eigenvalue weighted by Crippen LogP contribution is -2.37. The SMILES string of the molecule is FC(F)(F)c1ccc(N2CCc3[nH]cnc3[C@H]2c2cc3c(Cl)cccn3n2)nc1. The molecule has 0 unspecified atom stereocenters. The molecule has 0 aliphatic carbocycles. The largest absolute Gasteiger partial charge is 0.417 e. The highest BCUT2D eigenvalue weighted by molar-refractivity contribution is 6.33. The van der Waals surface area contributed by atoms with E-state index in [9.17, 15) is 13.2 Å². The Bertz CT molecular complexity index is 1180. The van der Waals surface area contributed by atoms with E-state index >= 15 is 0 Å². The van der Waals surface area contributed by atoms with Gasteiger partial charge >= 0.3 is 6.18 Å². The Morgan fingerprint density at radius 3 is 2.76 bits per heavy atom. The van der Waals surface area contributed by atoms with Gasteiger partial charge < -0.3 is 9.88 Å². The molecule has 0 fully saturated rings. The molecule has 0 aromatic carbocycles. The fourth-order valence-corrected chi connectivity index (χ4v) is 3.89. The minimum atomic E-state index is -4.43. The van der Waals surface area contributed by atoms with Gasteiger partial charge in [0.15, 0.2) is 0 Å². The molecule has 1 aliphatic rings. The first-order valence-corrected chi connectivity index (χ1v) is 9.25. The van der Waals surface area contributed by atoms with E-state index in [4.69, 9.17) is 11.6 Å². The van der Waals surface area contributed by atoms with Crippen LogP contribution in [-0.2, 0) is 12.6 Å². The third-order valence-corrected chi connectivity index (χ3v) is 5.36. The quantitative estimate of drug-likeness (QED) is 0.528. The number of fused-ring (bicyclic) bond motifs is 2. The van der Waals surface area contributed by atoms with Gasteiger partial charge in [-0.3, -0.25) is 0 Å². The number of alkyl halides is 3. The monoisotopic (exact) mass is 418 g/mol. The first kappa shape index (κ1) is 18.0. The summed E-state index contributed by atoms with van der Waals surface area (Å²) in [6.45, 7) is 0.555. The highest BCUT2D eigenvalue weighted by Gasteiger charge is 2.35. The second-order valence-corrected chi connectivity index (χ2v) is 7.18. The van der Waals surface area contributed by atoms with E-state index < -0.39 is 17.8 Å². The van der Waals surface area contributed by atoms with Crippen LogP contribution in [0.4, 0.5) is 19.0 Å². The summed E-state index contributed by atoms with van der Waals surface area (Å²) in [6.07, 6.45) is 0.500. The van der Waals surface area contributed by atoms with Crippen LogP contribution in [0, 0.1) is 0 Å². The van der Waals surface area contributed by atoms with E-state index in [0.717, 1.165) is 29.2 Å². The molecule has 6 nitrogen and oxygen atoms in total. The number of rotatable bonds is 2. The number of imidazole rings is 1. The van der Waals surface area contributed by atoms with Crippen LogP contribution in [0.2, 0.25) is 5.02 Å². The summed E-state index contributed by atoms with van der Waals surface area (Å²) in [4.78, 5) is 13.6. The Morgan fingerprint density at radius 2 is 2.03 bits per heavy atom. The van der Waals surface area contributed by atoms with Crippen molar-refractivity contribution < 1.29 is 13.2 Å². The standard InChI is InChI=1S/C19H14ClF3N6/c20-12-2-1-6-29-15(12)8-14(27-29)18-17-13(25-10-26-17)5-7-28(18)16-4-3-11(9-24-16)19(21,22)23/h1-4,6,8-10,18H,5,7H2,(H,25,26)/t18-/m1/s1. The number of aromatic nitrogens is 5. The number of hydrogen-bond acceptors (Lipinski definition) is 4. The summed E-state index contributed by atoms with van der Waals surface area (Å²) in [6, 6.07) is 7.47. The summed E-state index contributed by atoms with van der Waals surface area (Å²) in [7, 11) is 0. The molecule has 5 heterocycles. The fraction of sp³-hybridized carbons (Fsp3) is 0.211. The summed E-state index contributed by atoms with van der Waals surface area (Å²) in [5.74, 6) is 0.430. The molecule has 0 radical (unpaired) electrons. The molecule has 4 aromatic rings. The number of halogens is 4. The average Bonchev–Trinajstić information content (AvgIpc) is 3.34. The van der Waals surface area contributed by atoms with E-state index in [0.29, 0.717) is 29.5 Å². The van der Waals surface area contributed by atoms with E-state index in [1.807, 2.05) is 11.0 Å². The van der Waals surface area contributed by atoms with Crippen LogP contribution in [-0.4, -0.2) is 31.1 Å². The smallest absolute Gasteiger partial charge is 0.348 e. The lowest BCUT2D eigenvalue weighted by Gasteiger charge is -2.34. The molecule has 1 atom stereocenters. The number of pyridine rings is 2. The normalized spacial score (nSPS) is 17.0. The highest BCUT2D eigenvalue weighted by Crippen LogP contribution is 2.37. The first-order chi connectivity index (χ1) is 13.9. The number of anilines is 1. The second kappa shape index (κ2) is 6.48. The van der Waals surface area contributed by atoms with E-state index in [2.05, 4.69) is 20.1 Å². The zero-order chi connectivity index (χ0) is 20.2. The van der Waals surface area contributed by atoms with Crippen LogP contribution >= 0.6 is 11.6 Å². The molecule has 5 rings (SSSR count). The molecule has 1 aliphatic heterocycles. The molecular weight excluding hydrogens is 405 g/mol. The lowest BCUT2D eigenvalue weighted by molar-refractivity contribution is -0.137. The van der Waals surface area contributed by atoms with Gasteiger partial charge in [0.25, 0.3) is 0 Å². The van der Waals surface area contributed by atoms with Crippen molar-refractivity contribution in [3.8, 4) is 0 Å². The van der Waals surface area contributed by atoms with Gasteiger partial charge in [0.1, 0.15) is 11.9 Å². The molecule has 0 spiro atoms. The van der Waals surface area contributed by atoms with Crippen LogP contribution in [0.15, 0.2) is 49.1 Å². The molecular formula is C19H14ClF3N6. The minimum Gasteiger partial charge on any atom is -0.348 e. The van der Waals surface area contributed by atoms with Crippen molar-refractivity contribution in [1.29, 1.82) is 0 Å². The van der Waals surface area contributed by atoms with Crippen LogP contribution in [0.1, 0.15) is 28.7 Å². The summed E-state index contributed by atoms with van der Waals surface area (Å²) >= 11 is 6.29. The van der Waals surface area contributed by atoms with Gasteiger partial charge in [0.2, 0.25) is 0 Å². The predicted octanol–water partition coefficient (Wildman–Crippen LogP) is 4.28. The van der Waals surface area contributed by atoms with Crippen molar-refractivity contribution in [2.75, 3.05) is 11.4 Å². The van der Waals surface area contributed by atoms with Gasteiger partial charge in [0, 0.05) is 31.1 Å². The van der Waals surface area contributed by atoms with Crippen molar-refractivity contribution in [2.24, 2.45) is 0 Å². The number of hydrogen-bond donors (Lipinski definition) is 1. The minimum absolute atomic E-state index is 0.398. The van der Waals surface area contributed by atoms with Crippen molar-refractivity contribution in [2.45, 2.75) is 18.6 Å². The molecule has 0 bridgehead atoms. The molecule has 0 saturated heterocycles. The van der Waals surface area contributed by atoms with E-state index in [1.54, 1.807) is 29.2 Å². The summed E-state index contributed by atoms with van der Waals surface area (Å²) < 4.78 is 40.4. The maximum atomic E-state index is 12.9. The predicted molar refractivity (Wildman–Crippen MR) is 101 cm³/mol. The summed E-state index contributed by atoms with van der Waals surface area (Å²) in [5.41, 5.74) is 2.40. The Kier molecular flexibility index (Phi) is 4.02. The van der Waals surface area contributed by atoms with Gasteiger partial charge in [-0.25, -0.2) is 14.5 Å². The zero-order valence-electron chi connectivity index (χ0n) is 14.9. The Hall–Kier alpha value is -3.07. The maximum absolute atomic E-state index is 12.9. The Balaban J connectivity index is 1.61. The second-order valence-electron chi connectivity index (χ2n) is 6.77. The highest BCUT2D eigenvalue weighted by atomic mass is 35.5. The third-order valence-electron chi connectivity index (χ3n) is 5.04. The average molecular weight is 419 g/mol. The van der Waals surface area contributed by atoms with Crippen LogP contribution < -0.4 is 4.90 Å². The molecule has 29 heavy (non-hydrogen) atoms. The van der Waals surface area contributed by atoms with Gasteiger partial charge in [0.05, 0.1) is 33.8 Å². The number of aromatic amines is 1. The van der Waals surface area contributed by atoms with E-state index in [-0.39, 0.29) is 0 Å². The van der Waals surface area contributed by atoms with Gasteiger partial charge in [-0.2, -0.15) is 18.3 Å². The molecule has 0 amide bonds. The van der Waals surface area contributed by atoms with Gasteiger partial charge in [-0.1, -0.05) is 11.6 Å². The number of H-pyrrole nitrogens is 1. The molecule has 1 N–H and O–H groups in total. The Morgan fingerprint density at radius 1 is 1.17 bits per heavy atom. The molecule has 4 aromatic heterocycles. The molecule has 148 valence electrons. The lowest BCUT2D eigenvalue weighted by atomic mass is 9.99. The van der Waals surface area contributed by atoms with Crippen molar-refractivity contribution in [3.05, 3.63) is 76.7 Å². The first-order valence-electron chi connectivity index (χ1n) is 8.87. The summed E-state index contributed by atoms with van der Waals surface area (Å²) in [5, 5.41) is 5.20. The van der Waals surface area contributed by atoms with Crippen LogP contribution in [0.25, 0.3) is 5.52 Å². The van der Waals surface area contributed by atoms with Crippen LogP contribution in [0.3, 0.4) is 0 Å². The molecule has 0 saturated carbocycles. The Labute approximate surface area is 168 Å². The topological polar surface area (TPSA) is 62.1 Å². The van der Waals surface area contributed by atoms with Crippen molar-refractivity contribution in [1.82, 2.24) is 24.6 Å². The zero-order valence-corrected chi connectivity index (χ0v) is 15.6. The fourth-order valence-electron chi connectivity index (χ4n) is 3.68. The maximum Gasteiger partial charge on any atom is 0.417 e. The third kappa shape index (κ3) is 3.02. The van der Waals surface area contributed by atoms with Gasteiger partial charge in [-0.15, -0.1) is 0 Å². The van der Waals surface area contributed by atoms with E-state index in [1.165, 1.54) is 6.07 Å². The van der Waals surface area contributed by atoms with Crippen LogP contribution in [0.5, 0.6) is 0 Å². The molecule has 10 heteroatoms.